The van der Waals surface area contributed by atoms with Crippen LogP contribution in [0.5, 0.6) is 0 Å². The molecule has 0 unspecified atom stereocenters. The Morgan fingerprint density at radius 1 is 1.41 bits per heavy atom. The highest BCUT2D eigenvalue weighted by atomic mass is 16.4. The molecule has 94 valence electrons. The smallest absolute Gasteiger partial charge is 0.354 e. The van der Waals surface area contributed by atoms with Crippen LogP contribution in [0.2, 0.25) is 0 Å². The molecule has 2 N–H and O–H groups in total. The number of hydrogen-bond acceptors (Lipinski definition) is 4. The zero-order valence-corrected chi connectivity index (χ0v) is 9.96. The zero-order valence-electron chi connectivity index (χ0n) is 9.96. The van der Waals surface area contributed by atoms with Crippen LogP contribution in [0.1, 0.15) is 30.3 Å². The Morgan fingerprint density at radius 2 is 2.18 bits per heavy atom. The second-order valence-electron chi connectivity index (χ2n) is 3.75. The first kappa shape index (κ1) is 13.4. The highest BCUT2D eigenvalue weighted by Gasteiger charge is 2.10. The van der Waals surface area contributed by atoms with Crippen LogP contribution in [-0.2, 0) is 0 Å². The first-order chi connectivity index (χ1) is 8.19. The Hall–Kier alpha value is -1.62. The molecule has 0 bridgehead atoms. The Balaban J connectivity index is 2.84. The van der Waals surface area contributed by atoms with E-state index >= 15 is 0 Å². The fourth-order valence-electron chi connectivity index (χ4n) is 1.53. The van der Waals surface area contributed by atoms with Gasteiger partial charge >= 0.3 is 5.97 Å². The molecule has 0 saturated heterocycles. The van der Waals surface area contributed by atoms with E-state index in [1.165, 1.54) is 6.07 Å². The van der Waals surface area contributed by atoms with E-state index in [0.717, 1.165) is 19.4 Å². The van der Waals surface area contributed by atoms with Gasteiger partial charge in [-0.05, 0) is 18.6 Å². The van der Waals surface area contributed by atoms with E-state index in [1.54, 1.807) is 12.1 Å². The number of aliphatic hydroxyl groups is 1. The SMILES string of the molecule is CCCCN(CCO)c1cccc(C(=O)O)n1. The standard InChI is InChI=1S/C12H18N2O3/c1-2-3-7-14(8-9-15)11-6-4-5-10(13-11)12(16)17/h4-6,15H,2-3,7-9H2,1H3,(H,16,17). The molecule has 17 heavy (non-hydrogen) atoms. The largest absolute Gasteiger partial charge is 0.477 e. The lowest BCUT2D eigenvalue weighted by atomic mass is 10.3. The van der Waals surface area contributed by atoms with Crippen molar-refractivity contribution in [3.8, 4) is 0 Å². The van der Waals surface area contributed by atoms with Crippen molar-refractivity contribution in [2.45, 2.75) is 19.8 Å². The minimum absolute atomic E-state index is 0.0296. The van der Waals surface area contributed by atoms with Gasteiger partial charge < -0.3 is 15.1 Å². The summed E-state index contributed by atoms with van der Waals surface area (Å²) in [6, 6.07) is 4.89. The van der Waals surface area contributed by atoms with Crippen LogP contribution >= 0.6 is 0 Å². The number of carboxylic acids is 1. The van der Waals surface area contributed by atoms with E-state index in [4.69, 9.17) is 10.2 Å². The molecular weight excluding hydrogens is 220 g/mol. The summed E-state index contributed by atoms with van der Waals surface area (Å²) in [5.74, 6) is -0.432. The number of anilines is 1. The molecule has 5 nitrogen and oxygen atoms in total. The number of aromatic nitrogens is 1. The highest BCUT2D eigenvalue weighted by molar-refractivity contribution is 5.85. The maximum Gasteiger partial charge on any atom is 0.354 e. The molecule has 0 aromatic carbocycles. The third kappa shape index (κ3) is 4.03. The van der Waals surface area contributed by atoms with Crippen molar-refractivity contribution in [2.75, 3.05) is 24.6 Å². The molecular formula is C12H18N2O3. The van der Waals surface area contributed by atoms with Gasteiger partial charge in [-0.25, -0.2) is 9.78 Å². The van der Waals surface area contributed by atoms with Crippen LogP contribution in [-0.4, -0.2) is 40.9 Å². The number of aliphatic hydroxyl groups excluding tert-OH is 1. The summed E-state index contributed by atoms with van der Waals surface area (Å²) in [6.07, 6.45) is 2.03. The normalized spacial score (nSPS) is 10.2. The number of pyridine rings is 1. The zero-order chi connectivity index (χ0) is 12.7. The van der Waals surface area contributed by atoms with Gasteiger partial charge in [0.25, 0.3) is 0 Å². The predicted molar refractivity (Wildman–Crippen MR) is 65.4 cm³/mol. The molecule has 1 aromatic heterocycles. The van der Waals surface area contributed by atoms with E-state index in [2.05, 4.69) is 11.9 Å². The minimum Gasteiger partial charge on any atom is -0.477 e. The number of carboxylic acid groups (broad SMARTS) is 1. The quantitative estimate of drug-likeness (QED) is 0.750. The number of unbranched alkanes of at least 4 members (excludes halogenated alkanes) is 1. The molecule has 1 heterocycles. The van der Waals surface area contributed by atoms with Crippen molar-refractivity contribution in [3.05, 3.63) is 23.9 Å². The molecule has 5 heteroatoms. The molecule has 0 spiro atoms. The monoisotopic (exact) mass is 238 g/mol. The van der Waals surface area contributed by atoms with Crippen molar-refractivity contribution >= 4 is 11.8 Å². The van der Waals surface area contributed by atoms with Crippen molar-refractivity contribution in [3.63, 3.8) is 0 Å². The van der Waals surface area contributed by atoms with Gasteiger partial charge in [0.1, 0.15) is 5.82 Å². The number of rotatable bonds is 7. The van der Waals surface area contributed by atoms with E-state index in [1.807, 2.05) is 4.90 Å². The summed E-state index contributed by atoms with van der Waals surface area (Å²) in [7, 11) is 0. The number of nitrogens with zero attached hydrogens (tertiary/aromatic N) is 2. The first-order valence-electron chi connectivity index (χ1n) is 5.75. The van der Waals surface area contributed by atoms with E-state index < -0.39 is 5.97 Å². The lowest BCUT2D eigenvalue weighted by Crippen LogP contribution is -2.28. The highest BCUT2D eigenvalue weighted by Crippen LogP contribution is 2.12. The molecule has 0 aliphatic heterocycles. The second-order valence-corrected chi connectivity index (χ2v) is 3.75. The lowest BCUT2D eigenvalue weighted by molar-refractivity contribution is 0.0690. The Morgan fingerprint density at radius 3 is 2.76 bits per heavy atom. The topological polar surface area (TPSA) is 73.7 Å². The van der Waals surface area contributed by atoms with Gasteiger partial charge in [0.05, 0.1) is 6.61 Å². The van der Waals surface area contributed by atoms with Gasteiger partial charge in [-0.15, -0.1) is 0 Å². The van der Waals surface area contributed by atoms with Gasteiger partial charge in [-0.3, -0.25) is 0 Å². The van der Waals surface area contributed by atoms with Crippen LogP contribution in [0.3, 0.4) is 0 Å². The molecule has 0 saturated carbocycles. The Kier molecular flexibility index (Phi) is 5.42. The fraction of sp³-hybridized carbons (Fsp3) is 0.500. The van der Waals surface area contributed by atoms with E-state index in [9.17, 15) is 4.79 Å². The summed E-state index contributed by atoms with van der Waals surface area (Å²) in [5, 5.41) is 17.9. The van der Waals surface area contributed by atoms with Crippen molar-refractivity contribution in [1.29, 1.82) is 0 Å². The van der Waals surface area contributed by atoms with E-state index in [0.29, 0.717) is 12.4 Å². The summed E-state index contributed by atoms with van der Waals surface area (Å²) < 4.78 is 0. The van der Waals surface area contributed by atoms with Crippen LogP contribution in [0, 0.1) is 0 Å². The molecule has 0 radical (unpaired) electrons. The van der Waals surface area contributed by atoms with Crippen molar-refractivity contribution in [2.24, 2.45) is 0 Å². The lowest BCUT2D eigenvalue weighted by Gasteiger charge is -2.22. The molecule has 0 fully saturated rings. The molecule has 0 amide bonds. The third-order valence-corrected chi connectivity index (χ3v) is 2.43. The van der Waals surface area contributed by atoms with Crippen LogP contribution < -0.4 is 4.90 Å². The van der Waals surface area contributed by atoms with Crippen molar-refractivity contribution < 1.29 is 15.0 Å². The summed E-state index contributed by atoms with van der Waals surface area (Å²) in [4.78, 5) is 16.8. The first-order valence-corrected chi connectivity index (χ1v) is 5.75. The molecule has 0 atom stereocenters. The Labute approximate surface area is 101 Å². The van der Waals surface area contributed by atoms with E-state index in [-0.39, 0.29) is 12.3 Å². The number of carbonyl (C=O) groups is 1. The van der Waals surface area contributed by atoms with Gasteiger partial charge in [-0.1, -0.05) is 19.4 Å². The number of aromatic carboxylic acids is 1. The molecule has 0 aliphatic rings. The summed E-state index contributed by atoms with van der Waals surface area (Å²) >= 11 is 0. The summed E-state index contributed by atoms with van der Waals surface area (Å²) in [6.45, 7) is 3.35. The van der Waals surface area contributed by atoms with Crippen LogP contribution in [0.4, 0.5) is 5.82 Å². The second kappa shape index (κ2) is 6.85. The predicted octanol–water partition coefficient (Wildman–Crippen LogP) is 1.38. The van der Waals surface area contributed by atoms with Gasteiger partial charge in [0, 0.05) is 13.1 Å². The van der Waals surface area contributed by atoms with Crippen LogP contribution in [0.15, 0.2) is 18.2 Å². The average molecular weight is 238 g/mol. The van der Waals surface area contributed by atoms with Crippen LogP contribution in [0.25, 0.3) is 0 Å². The maximum atomic E-state index is 10.8. The maximum absolute atomic E-state index is 10.8. The fourth-order valence-corrected chi connectivity index (χ4v) is 1.53. The average Bonchev–Trinajstić information content (AvgIpc) is 2.34. The molecule has 1 aromatic rings. The van der Waals surface area contributed by atoms with Gasteiger partial charge in [0.2, 0.25) is 0 Å². The molecule has 0 aliphatic carbocycles. The Bertz CT molecular complexity index is 369. The van der Waals surface area contributed by atoms with Crippen molar-refractivity contribution in [1.82, 2.24) is 4.98 Å². The number of hydrogen-bond donors (Lipinski definition) is 2. The van der Waals surface area contributed by atoms with Gasteiger partial charge in [-0.2, -0.15) is 0 Å². The summed E-state index contributed by atoms with van der Waals surface area (Å²) in [5.41, 5.74) is 0.0296. The third-order valence-electron chi connectivity index (χ3n) is 2.43. The van der Waals surface area contributed by atoms with Gasteiger partial charge in [0.15, 0.2) is 5.69 Å². The molecule has 1 rings (SSSR count). The minimum atomic E-state index is -1.04.